The summed E-state index contributed by atoms with van der Waals surface area (Å²) >= 11 is 0. The van der Waals surface area contributed by atoms with Crippen molar-refractivity contribution in [3.05, 3.63) is 155 Å². The number of rotatable bonds is 6. The number of nitrogens with zero attached hydrogens (tertiary/aromatic N) is 7. The first kappa shape index (κ1) is 26.6. The lowest BCUT2D eigenvalue weighted by atomic mass is 9.98. The molecule has 6 aromatic rings. The number of hydrogen-bond acceptors (Lipinski definition) is 6. The zero-order valence-corrected chi connectivity index (χ0v) is 24.4. The van der Waals surface area contributed by atoms with Gasteiger partial charge in [0, 0.05) is 35.5 Å². The van der Waals surface area contributed by atoms with E-state index >= 15 is 0 Å². The molecule has 3 aromatic heterocycles. The number of H-pyrrole nitrogens is 1. The molecular weight excluding hydrogens is 556 g/mol. The molecule has 3 aromatic carbocycles. The van der Waals surface area contributed by atoms with Crippen LogP contribution in [0.2, 0.25) is 0 Å². The van der Waals surface area contributed by atoms with Gasteiger partial charge < -0.3 is 4.98 Å². The van der Waals surface area contributed by atoms with Gasteiger partial charge in [-0.2, -0.15) is 4.98 Å². The van der Waals surface area contributed by atoms with E-state index in [1.54, 1.807) is 0 Å². The molecule has 0 aliphatic carbocycles. The lowest BCUT2D eigenvalue weighted by Gasteiger charge is -2.08. The summed E-state index contributed by atoms with van der Waals surface area (Å²) in [6.45, 7) is 0.539. The van der Waals surface area contributed by atoms with Crippen molar-refractivity contribution in [2.45, 2.75) is 19.4 Å². The van der Waals surface area contributed by atoms with Gasteiger partial charge in [0.1, 0.15) is 0 Å². The summed E-state index contributed by atoms with van der Waals surface area (Å²) in [5.74, 6) is 0.791. The van der Waals surface area contributed by atoms with Gasteiger partial charge in [-0.25, -0.2) is 15.0 Å². The second kappa shape index (κ2) is 11.6. The Kier molecular flexibility index (Phi) is 6.84. The molecule has 5 heterocycles. The standard InChI is InChI=1S/C37H28N8/c1-4-10-25(11-5-1)20-31-32-19-18-29(39-32)22-28-16-17-30(38-28)23-34-43-44-37(45(34)24-27-14-8-3-9-15-27)42-36-40-33(35(31)41-36)21-26-12-6-2-7-13-26/h1-19,22-23,39H,20-21,24H2. The first-order chi connectivity index (χ1) is 22.2. The molecule has 2 aliphatic heterocycles. The quantitative estimate of drug-likeness (QED) is 0.224. The summed E-state index contributed by atoms with van der Waals surface area (Å²) in [6, 6.07) is 39.2. The zero-order valence-electron chi connectivity index (χ0n) is 24.4. The van der Waals surface area contributed by atoms with Gasteiger partial charge in [0.05, 0.1) is 29.3 Å². The Labute approximate surface area is 259 Å². The number of aromatic amines is 1. The van der Waals surface area contributed by atoms with Gasteiger partial charge in [-0.1, -0.05) is 91.0 Å². The normalized spacial score (nSPS) is 12.3. The van der Waals surface area contributed by atoms with Crippen LogP contribution in [0.15, 0.2) is 120 Å². The molecule has 0 radical (unpaired) electrons. The van der Waals surface area contributed by atoms with Crippen LogP contribution in [0.1, 0.15) is 39.3 Å². The molecule has 8 bridgehead atoms. The fraction of sp³-hybridized carbons (Fsp3) is 0.0811. The van der Waals surface area contributed by atoms with Gasteiger partial charge in [0.15, 0.2) is 5.65 Å². The molecule has 0 fully saturated rings. The molecule has 1 N–H and O–H groups in total. The molecule has 216 valence electrons. The summed E-state index contributed by atoms with van der Waals surface area (Å²) in [6.07, 6.45) is 5.28. The van der Waals surface area contributed by atoms with Crippen LogP contribution in [-0.2, 0) is 19.4 Å². The topological polar surface area (TPSA) is 97.5 Å². The monoisotopic (exact) mass is 584 g/mol. The van der Waals surface area contributed by atoms with Crippen molar-refractivity contribution in [2.24, 2.45) is 4.99 Å². The lowest BCUT2D eigenvalue weighted by molar-refractivity contribution is 0.844. The van der Waals surface area contributed by atoms with Crippen molar-refractivity contribution in [1.82, 2.24) is 34.7 Å². The summed E-state index contributed by atoms with van der Waals surface area (Å²) in [7, 11) is 0. The molecule has 8 rings (SSSR count). The van der Waals surface area contributed by atoms with Crippen LogP contribution in [0.3, 0.4) is 0 Å². The third kappa shape index (κ3) is 5.69. The van der Waals surface area contributed by atoms with Gasteiger partial charge in [0.25, 0.3) is 11.7 Å². The molecule has 8 nitrogen and oxygen atoms in total. The first-order valence-corrected chi connectivity index (χ1v) is 14.9. The molecule has 2 aliphatic rings. The van der Waals surface area contributed by atoms with E-state index in [4.69, 9.17) is 19.9 Å². The Hall–Kier alpha value is -6.02. The Bertz CT molecular complexity index is 2230. The van der Waals surface area contributed by atoms with Crippen molar-refractivity contribution in [2.75, 3.05) is 0 Å². The number of aliphatic imine (C=N–C) groups is 1. The Morgan fingerprint density at radius 3 is 2.00 bits per heavy atom. The second-order valence-electron chi connectivity index (χ2n) is 11.1. The zero-order chi connectivity index (χ0) is 30.0. The minimum atomic E-state index is 0.355. The number of hydrogen-bond donors (Lipinski definition) is 1. The fourth-order valence-electron chi connectivity index (χ4n) is 5.70. The Morgan fingerprint density at radius 2 is 1.27 bits per heavy atom. The summed E-state index contributed by atoms with van der Waals surface area (Å²) in [5, 5.41) is 9.01. The average Bonchev–Trinajstić information content (AvgIpc) is 3.88. The van der Waals surface area contributed by atoms with Gasteiger partial charge in [-0.05, 0) is 47.0 Å². The van der Waals surface area contributed by atoms with Gasteiger partial charge >= 0.3 is 0 Å². The summed E-state index contributed by atoms with van der Waals surface area (Å²) < 4.78 is 1.98. The van der Waals surface area contributed by atoms with Crippen molar-refractivity contribution < 1.29 is 0 Å². The average molecular weight is 585 g/mol. The second-order valence-corrected chi connectivity index (χ2v) is 11.1. The largest absolute Gasteiger partial charge is 0.355 e. The van der Waals surface area contributed by atoms with Crippen LogP contribution in [0.4, 0.5) is 5.95 Å². The summed E-state index contributed by atoms with van der Waals surface area (Å²) in [5.41, 5.74) is 10.4. The maximum absolute atomic E-state index is 5.09. The SMILES string of the molecule is C1=Cc2cc3nnc(nc4nc(c(Cc5ccccc5)c5ccc(cc1n2)[nH]5)C(Cc1ccccc1)=N4)n3Cc1ccccc1. The predicted molar refractivity (Wildman–Crippen MR) is 178 cm³/mol. The molecule has 45 heavy (non-hydrogen) atoms. The minimum Gasteiger partial charge on any atom is -0.355 e. The smallest absolute Gasteiger partial charge is 0.254 e. The van der Waals surface area contributed by atoms with Crippen LogP contribution in [-0.4, -0.2) is 40.4 Å². The molecule has 0 amide bonds. The molecule has 0 saturated heterocycles. The van der Waals surface area contributed by atoms with Crippen molar-refractivity contribution >= 4 is 46.3 Å². The van der Waals surface area contributed by atoms with E-state index in [2.05, 4.69) is 81.9 Å². The van der Waals surface area contributed by atoms with Crippen LogP contribution >= 0.6 is 0 Å². The highest BCUT2D eigenvalue weighted by atomic mass is 15.3. The van der Waals surface area contributed by atoms with E-state index in [0.717, 1.165) is 50.5 Å². The van der Waals surface area contributed by atoms with Crippen LogP contribution in [0, 0.1) is 0 Å². The van der Waals surface area contributed by atoms with Crippen molar-refractivity contribution in [1.29, 1.82) is 0 Å². The van der Waals surface area contributed by atoms with Crippen LogP contribution < -0.4 is 0 Å². The molecule has 0 saturated carbocycles. The van der Waals surface area contributed by atoms with E-state index in [0.29, 0.717) is 36.8 Å². The molecule has 0 atom stereocenters. The van der Waals surface area contributed by atoms with E-state index in [9.17, 15) is 0 Å². The molecule has 8 heteroatoms. The molecular formula is C37H28N8. The number of fused-ring (bicyclic) bond motifs is 8. The highest BCUT2D eigenvalue weighted by Crippen LogP contribution is 2.26. The van der Waals surface area contributed by atoms with Crippen LogP contribution in [0.5, 0.6) is 0 Å². The van der Waals surface area contributed by atoms with E-state index in [1.807, 2.05) is 65.3 Å². The first-order valence-electron chi connectivity index (χ1n) is 14.9. The van der Waals surface area contributed by atoms with Gasteiger partial charge in [0.2, 0.25) is 0 Å². The van der Waals surface area contributed by atoms with Gasteiger partial charge in [-0.15, -0.1) is 10.2 Å². The predicted octanol–water partition coefficient (Wildman–Crippen LogP) is 7.15. The fourth-order valence-corrected chi connectivity index (χ4v) is 5.70. The van der Waals surface area contributed by atoms with Gasteiger partial charge in [-0.3, -0.25) is 4.57 Å². The molecule has 0 spiro atoms. The van der Waals surface area contributed by atoms with E-state index < -0.39 is 0 Å². The Morgan fingerprint density at radius 1 is 0.600 bits per heavy atom. The summed E-state index contributed by atoms with van der Waals surface area (Å²) in [4.78, 5) is 23.5. The van der Waals surface area contributed by atoms with Crippen molar-refractivity contribution in [3.63, 3.8) is 0 Å². The Balaban J connectivity index is 1.41. The van der Waals surface area contributed by atoms with E-state index in [-0.39, 0.29) is 0 Å². The third-order valence-corrected chi connectivity index (χ3v) is 7.88. The third-order valence-electron chi connectivity index (χ3n) is 7.88. The highest BCUT2D eigenvalue weighted by Gasteiger charge is 2.20. The van der Waals surface area contributed by atoms with E-state index in [1.165, 1.54) is 5.56 Å². The number of aromatic nitrogens is 7. The molecule has 0 unspecified atom stereocenters. The lowest BCUT2D eigenvalue weighted by Crippen LogP contribution is -2.07. The number of nitrogens with one attached hydrogen (secondary N) is 1. The van der Waals surface area contributed by atoms with Crippen LogP contribution in [0.25, 0.3) is 34.6 Å². The highest BCUT2D eigenvalue weighted by molar-refractivity contribution is 6.05. The maximum Gasteiger partial charge on any atom is 0.254 e. The minimum absolute atomic E-state index is 0.355. The number of benzene rings is 3. The van der Waals surface area contributed by atoms with Crippen molar-refractivity contribution in [3.8, 4) is 0 Å². The maximum atomic E-state index is 5.09.